The van der Waals surface area contributed by atoms with Crippen molar-refractivity contribution in [2.24, 2.45) is 5.92 Å². The molecular formula is C13H29NO. The van der Waals surface area contributed by atoms with Gasteiger partial charge >= 0.3 is 0 Å². The third-order valence-electron chi connectivity index (χ3n) is 2.85. The fourth-order valence-corrected chi connectivity index (χ4v) is 1.86. The van der Waals surface area contributed by atoms with Crippen molar-refractivity contribution in [3.8, 4) is 0 Å². The van der Waals surface area contributed by atoms with Gasteiger partial charge in [0.05, 0.1) is 6.10 Å². The van der Waals surface area contributed by atoms with Crippen LogP contribution in [0.5, 0.6) is 0 Å². The van der Waals surface area contributed by atoms with Crippen LogP contribution in [-0.4, -0.2) is 25.8 Å². The van der Waals surface area contributed by atoms with Crippen LogP contribution in [0.25, 0.3) is 0 Å². The maximum Gasteiger partial charge on any atom is 0.0558 e. The Balaban J connectivity index is 3.72. The minimum absolute atomic E-state index is 0.369. The van der Waals surface area contributed by atoms with E-state index in [0.717, 1.165) is 18.9 Å². The molecule has 0 aliphatic carbocycles. The monoisotopic (exact) mass is 215 g/mol. The number of hydrogen-bond donors (Lipinski definition) is 1. The molecule has 0 aliphatic rings. The van der Waals surface area contributed by atoms with Crippen molar-refractivity contribution < 1.29 is 4.74 Å². The van der Waals surface area contributed by atoms with E-state index in [1.165, 1.54) is 19.3 Å². The molecular weight excluding hydrogens is 186 g/mol. The molecule has 2 unspecified atom stereocenters. The molecule has 0 aromatic rings. The maximum atomic E-state index is 5.31. The van der Waals surface area contributed by atoms with Gasteiger partial charge in [0.1, 0.15) is 0 Å². The fraction of sp³-hybridized carbons (Fsp3) is 1.00. The number of nitrogens with one attached hydrogen (secondary N) is 1. The molecule has 0 aromatic heterocycles. The second-order valence-electron chi connectivity index (χ2n) is 4.86. The summed E-state index contributed by atoms with van der Waals surface area (Å²) in [6, 6.07) is 0.628. The Hall–Kier alpha value is -0.0800. The summed E-state index contributed by atoms with van der Waals surface area (Å²) in [5, 5.41) is 3.54. The van der Waals surface area contributed by atoms with E-state index in [0.29, 0.717) is 12.1 Å². The first-order chi connectivity index (χ1) is 7.10. The molecule has 0 saturated carbocycles. The van der Waals surface area contributed by atoms with Gasteiger partial charge in [-0.3, -0.25) is 0 Å². The van der Waals surface area contributed by atoms with Crippen LogP contribution in [0.1, 0.15) is 53.4 Å². The molecule has 0 amide bonds. The molecule has 0 aromatic carbocycles. The Morgan fingerprint density at radius 3 is 2.27 bits per heavy atom. The predicted molar refractivity (Wildman–Crippen MR) is 67.2 cm³/mol. The molecule has 0 spiro atoms. The molecule has 0 radical (unpaired) electrons. The molecule has 0 heterocycles. The number of rotatable bonds is 9. The van der Waals surface area contributed by atoms with Gasteiger partial charge in [0.25, 0.3) is 0 Å². The van der Waals surface area contributed by atoms with Gasteiger partial charge in [-0.05, 0) is 32.2 Å². The Morgan fingerprint density at radius 1 is 1.13 bits per heavy atom. The standard InChI is InChI=1S/C13H29NO/c1-6-14-13(10-12(4)15-5)9-7-8-11(2)3/h11-14H,6-10H2,1-5H3. The minimum atomic E-state index is 0.369. The first kappa shape index (κ1) is 14.9. The molecule has 0 aliphatic heterocycles. The van der Waals surface area contributed by atoms with Gasteiger partial charge in [-0.15, -0.1) is 0 Å². The van der Waals surface area contributed by atoms with Crippen molar-refractivity contribution in [3.05, 3.63) is 0 Å². The third-order valence-corrected chi connectivity index (χ3v) is 2.85. The van der Waals surface area contributed by atoms with Crippen LogP contribution in [-0.2, 0) is 4.74 Å². The van der Waals surface area contributed by atoms with Crippen LogP contribution >= 0.6 is 0 Å². The third kappa shape index (κ3) is 8.88. The minimum Gasteiger partial charge on any atom is -0.382 e. The van der Waals surface area contributed by atoms with Crippen molar-refractivity contribution in [3.63, 3.8) is 0 Å². The van der Waals surface area contributed by atoms with Crippen LogP contribution in [0.4, 0.5) is 0 Å². The highest BCUT2D eigenvalue weighted by Crippen LogP contribution is 2.12. The van der Waals surface area contributed by atoms with E-state index in [4.69, 9.17) is 4.74 Å². The van der Waals surface area contributed by atoms with Crippen LogP contribution in [0.3, 0.4) is 0 Å². The zero-order valence-electron chi connectivity index (χ0n) is 11.2. The van der Waals surface area contributed by atoms with Crippen LogP contribution in [0.15, 0.2) is 0 Å². The largest absolute Gasteiger partial charge is 0.382 e. The van der Waals surface area contributed by atoms with E-state index in [-0.39, 0.29) is 0 Å². The van der Waals surface area contributed by atoms with E-state index >= 15 is 0 Å². The van der Waals surface area contributed by atoms with Gasteiger partial charge in [-0.2, -0.15) is 0 Å². The van der Waals surface area contributed by atoms with Crippen LogP contribution in [0, 0.1) is 5.92 Å². The molecule has 1 N–H and O–H groups in total. The summed E-state index contributed by atoms with van der Waals surface area (Å²) in [6.45, 7) is 9.96. The lowest BCUT2D eigenvalue weighted by Crippen LogP contribution is -2.32. The molecule has 0 bridgehead atoms. The van der Waals surface area contributed by atoms with Gasteiger partial charge in [0, 0.05) is 13.2 Å². The highest BCUT2D eigenvalue weighted by Gasteiger charge is 2.11. The average molecular weight is 215 g/mol. The number of ether oxygens (including phenoxy) is 1. The highest BCUT2D eigenvalue weighted by atomic mass is 16.5. The predicted octanol–water partition coefficient (Wildman–Crippen LogP) is 3.22. The molecule has 0 fully saturated rings. The normalized spacial score (nSPS) is 15.6. The second-order valence-corrected chi connectivity index (χ2v) is 4.86. The van der Waals surface area contributed by atoms with Gasteiger partial charge in [-0.25, -0.2) is 0 Å². The number of hydrogen-bond acceptors (Lipinski definition) is 2. The zero-order valence-corrected chi connectivity index (χ0v) is 11.2. The van der Waals surface area contributed by atoms with Crippen molar-refractivity contribution in [2.75, 3.05) is 13.7 Å². The summed E-state index contributed by atoms with van der Waals surface area (Å²) in [5.74, 6) is 0.826. The molecule has 2 atom stereocenters. The number of methoxy groups -OCH3 is 1. The van der Waals surface area contributed by atoms with Crippen LogP contribution < -0.4 is 5.32 Å². The average Bonchev–Trinajstić information content (AvgIpc) is 2.17. The molecule has 0 rings (SSSR count). The lowest BCUT2D eigenvalue weighted by atomic mass is 9.99. The molecule has 2 nitrogen and oxygen atoms in total. The first-order valence-corrected chi connectivity index (χ1v) is 6.36. The molecule has 0 saturated heterocycles. The van der Waals surface area contributed by atoms with Crippen molar-refractivity contribution in [2.45, 2.75) is 65.5 Å². The summed E-state index contributed by atoms with van der Waals surface area (Å²) in [6.07, 6.45) is 5.44. The topological polar surface area (TPSA) is 21.3 Å². The Bertz CT molecular complexity index is 136. The van der Waals surface area contributed by atoms with E-state index in [9.17, 15) is 0 Å². The molecule has 15 heavy (non-hydrogen) atoms. The second kappa shape index (κ2) is 9.17. The lowest BCUT2D eigenvalue weighted by Gasteiger charge is -2.21. The summed E-state index contributed by atoms with van der Waals surface area (Å²) >= 11 is 0. The highest BCUT2D eigenvalue weighted by molar-refractivity contribution is 4.69. The van der Waals surface area contributed by atoms with Gasteiger partial charge in [0.2, 0.25) is 0 Å². The molecule has 92 valence electrons. The fourth-order valence-electron chi connectivity index (χ4n) is 1.86. The van der Waals surface area contributed by atoms with E-state index < -0.39 is 0 Å². The van der Waals surface area contributed by atoms with Crippen molar-refractivity contribution >= 4 is 0 Å². The summed E-state index contributed by atoms with van der Waals surface area (Å²) < 4.78 is 5.31. The quantitative estimate of drug-likeness (QED) is 0.637. The first-order valence-electron chi connectivity index (χ1n) is 6.36. The smallest absolute Gasteiger partial charge is 0.0558 e. The van der Waals surface area contributed by atoms with Crippen molar-refractivity contribution in [1.29, 1.82) is 0 Å². The summed E-state index contributed by atoms with van der Waals surface area (Å²) in [7, 11) is 1.79. The zero-order chi connectivity index (χ0) is 11.7. The van der Waals surface area contributed by atoms with Crippen molar-refractivity contribution in [1.82, 2.24) is 5.32 Å². The lowest BCUT2D eigenvalue weighted by molar-refractivity contribution is 0.0990. The Morgan fingerprint density at radius 2 is 1.80 bits per heavy atom. The van der Waals surface area contributed by atoms with Gasteiger partial charge < -0.3 is 10.1 Å². The SMILES string of the molecule is CCNC(CCCC(C)C)CC(C)OC. The van der Waals surface area contributed by atoms with E-state index in [1.807, 2.05) is 0 Å². The van der Waals surface area contributed by atoms with E-state index in [2.05, 4.69) is 33.0 Å². The van der Waals surface area contributed by atoms with E-state index in [1.54, 1.807) is 7.11 Å². The van der Waals surface area contributed by atoms with Crippen LogP contribution in [0.2, 0.25) is 0 Å². The molecule has 2 heteroatoms. The Kier molecular flexibility index (Phi) is 9.12. The Labute approximate surface area is 95.8 Å². The summed E-state index contributed by atoms with van der Waals surface area (Å²) in [4.78, 5) is 0. The van der Waals surface area contributed by atoms with Gasteiger partial charge in [0.15, 0.2) is 0 Å². The summed E-state index contributed by atoms with van der Waals surface area (Å²) in [5.41, 5.74) is 0. The maximum absolute atomic E-state index is 5.31. The van der Waals surface area contributed by atoms with Gasteiger partial charge in [-0.1, -0.05) is 33.6 Å².